The summed E-state index contributed by atoms with van der Waals surface area (Å²) in [6, 6.07) is 17.1. The Bertz CT molecular complexity index is 491. The van der Waals surface area contributed by atoms with Crippen LogP contribution in [0.1, 0.15) is 24.1 Å². The molecular weight excluding hydrogens is 274 g/mol. The van der Waals surface area contributed by atoms with Gasteiger partial charge >= 0.3 is 0 Å². The van der Waals surface area contributed by atoms with Gasteiger partial charge in [-0.05, 0) is 43.2 Å². The highest BCUT2D eigenvalue weighted by molar-refractivity contribution is 9.10. The maximum Gasteiger partial charge on any atom is 0.0485 e. The van der Waals surface area contributed by atoms with Crippen molar-refractivity contribution in [3.63, 3.8) is 0 Å². The normalized spacial score (nSPS) is 12.2. The van der Waals surface area contributed by atoms with E-state index < -0.39 is 0 Å². The van der Waals surface area contributed by atoms with Gasteiger partial charge in [-0.25, -0.2) is 0 Å². The monoisotopic (exact) mass is 289 g/mol. The van der Waals surface area contributed by atoms with Gasteiger partial charge in [-0.1, -0.05) is 46.3 Å². The van der Waals surface area contributed by atoms with E-state index in [-0.39, 0.29) is 0 Å². The van der Waals surface area contributed by atoms with Gasteiger partial charge in [0.05, 0.1) is 0 Å². The Morgan fingerprint density at radius 2 is 1.65 bits per heavy atom. The lowest BCUT2D eigenvalue weighted by molar-refractivity contribution is 0.882. The third-order valence-electron chi connectivity index (χ3n) is 2.89. The van der Waals surface area contributed by atoms with Crippen molar-refractivity contribution in [2.45, 2.75) is 19.9 Å². The maximum atomic E-state index is 3.53. The minimum atomic E-state index is 0.309. The Morgan fingerprint density at radius 3 is 2.29 bits per heavy atom. The van der Waals surface area contributed by atoms with Gasteiger partial charge in [-0.15, -0.1) is 0 Å². The van der Waals surface area contributed by atoms with Crippen molar-refractivity contribution >= 4 is 21.6 Å². The molecule has 17 heavy (non-hydrogen) atoms. The van der Waals surface area contributed by atoms with E-state index >= 15 is 0 Å². The minimum absolute atomic E-state index is 0.309. The first-order valence-electron chi connectivity index (χ1n) is 5.74. The van der Waals surface area contributed by atoms with E-state index in [2.05, 4.69) is 83.6 Å². The number of nitrogens with one attached hydrogen (secondary N) is 1. The fraction of sp³-hybridized carbons (Fsp3) is 0.200. The summed E-state index contributed by atoms with van der Waals surface area (Å²) < 4.78 is 1.12. The second kappa shape index (κ2) is 5.37. The molecule has 2 heteroatoms. The second-order valence-electron chi connectivity index (χ2n) is 4.23. The van der Waals surface area contributed by atoms with E-state index in [0.29, 0.717) is 6.04 Å². The van der Waals surface area contributed by atoms with Gasteiger partial charge in [0.25, 0.3) is 0 Å². The molecule has 0 aliphatic carbocycles. The summed E-state index contributed by atoms with van der Waals surface area (Å²) in [5.74, 6) is 0. The first-order valence-corrected chi connectivity index (χ1v) is 6.54. The van der Waals surface area contributed by atoms with E-state index in [1.54, 1.807) is 0 Å². The van der Waals surface area contributed by atoms with Gasteiger partial charge in [0.2, 0.25) is 0 Å². The molecular formula is C15H16BrN. The zero-order valence-electron chi connectivity index (χ0n) is 10.1. The molecule has 0 heterocycles. The Balaban J connectivity index is 2.14. The highest BCUT2D eigenvalue weighted by Crippen LogP contribution is 2.22. The Kier molecular flexibility index (Phi) is 3.85. The maximum absolute atomic E-state index is 3.53. The molecule has 0 aliphatic rings. The molecule has 1 atom stereocenters. The molecule has 0 radical (unpaired) electrons. The molecule has 0 saturated carbocycles. The summed E-state index contributed by atoms with van der Waals surface area (Å²) in [4.78, 5) is 0. The SMILES string of the molecule is Cc1ccccc1NC(C)c1ccc(Br)cc1. The molecule has 0 aliphatic heterocycles. The number of hydrogen-bond acceptors (Lipinski definition) is 1. The van der Waals surface area contributed by atoms with Crippen LogP contribution in [0.3, 0.4) is 0 Å². The molecule has 2 aromatic carbocycles. The molecule has 88 valence electrons. The molecule has 0 amide bonds. The molecule has 1 nitrogen and oxygen atoms in total. The van der Waals surface area contributed by atoms with Crippen LogP contribution >= 0.6 is 15.9 Å². The lowest BCUT2D eigenvalue weighted by Gasteiger charge is -2.17. The number of benzene rings is 2. The standard InChI is InChI=1S/C15H16BrN/c1-11-5-3-4-6-15(11)17-12(2)13-7-9-14(16)10-8-13/h3-10,12,17H,1-2H3. The third kappa shape index (κ3) is 3.10. The van der Waals surface area contributed by atoms with Crippen molar-refractivity contribution in [3.05, 3.63) is 64.1 Å². The van der Waals surface area contributed by atoms with E-state index in [0.717, 1.165) is 4.47 Å². The van der Waals surface area contributed by atoms with E-state index in [1.807, 2.05) is 0 Å². The van der Waals surface area contributed by atoms with Gasteiger partial charge in [-0.2, -0.15) is 0 Å². The minimum Gasteiger partial charge on any atom is -0.378 e. The smallest absolute Gasteiger partial charge is 0.0485 e. The third-order valence-corrected chi connectivity index (χ3v) is 3.42. The predicted octanol–water partition coefficient (Wildman–Crippen LogP) is 4.93. The Hall–Kier alpha value is -1.28. The average Bonchev–Trinajstić information content (AvgIpc) is 2.33. The van der Waals surface area contributed by atoms with Crippen molar-refractivity contribution in [1.29, 1.82) is 0 Å². The van der Waals surface area contributed by atoms with Gasteiger partial charge in [0, 0.05) is 16.2 Å². The van der Waals surface area contributed by atoms with Crippen molar-refractivity contribution in [3.8, 4) is 0 Å². The predicted molar refractivity (Wildman–Crippen MR) is 77.4 cm³/mol. The van der Waals surface area contributed by atoms with Gasteiger partial charge in [-0.3, -0.25) is 0 Å². The van der Waals surface area contributed by atoms with Gasteiger partial charge in [0.15, 0.2) is 0 Å². The first kappa shape index (κ1) is 12.2. The lowest BCUT2D eigenvalue weighted by atomic mass is 10.1. The lowest BCUT2D eigenvalue weighted by Crippen LogP contribution is -2.07. The molecule has 0 spiro atoms. The van der Waals surface area contributed by atoms with Gasteiger partial charge in [0.1, 0.15) is 0 Å². The number of halogens is 1. The zero-order valence-corrected chi connectivity index (χ0v) is 11.7. The first-order chi connectivity index (χ1) is 8.16. The van der Waals surface area contributed by atoms with Crippen LogP contribution in [-0.4, -0.2) is 0 Å². The van der Waals surface area contributed by atoms with Crippen LogP contribution in [0.5, 0.6) is 0 Å². The van der Waals surface area contributed by atoms with Gasteiger partial charge < -0.3 is 5.32 Å². The summed E-state index contributed by atoms with van der Waals surface area (Å²) in [6.45, 7) is 4.30. The molecule has 2 aromatic rings. The molecule has 0 bridgehead atoms. The fourth-order valence-electron chi connectivity index (χ4n) is 1.80. The summed E-state index contributed by atoms with van der Waals surface area (Å²) in [5, 5.41) is 3.53. The van der Waals surface area contributed by atoms with Crippen molar-refractivity contribution in [2.24, 2.45) is 0 Å². The largest absolute Gasteiger partial charge is 0.378 e. The fourth-order valence-corrected chi connectivity index (χ4v) is 2.07. The summed E-state index contributed by atoms with van der Waals surface area (Å²) in [5.41, 5.74) is 3.76. The van der Waals surface area contributed by atoms with Crippen LogP contribution in [-0.2, 0) is 0 Å². The summed E-state index contributed by atoms with van der Waals surface area (Å²) in [7, 11) is 0. The van der Waals surface area contributed by atoms with E-state index in [1.165, 1.54) is 16.8 Å². The summed E-state index contributed by atoms with van der Waals surface area (Å²) >= 11 is 3.45. The number of aryl methyl sites for hydroxylation is 1. The van der Waals surface area contributed by atoms with Crippen molar-refractivity contribution in [1.82, 2.24) is 0 Å². The van der Waals surface area contributed by atoms with Crippen LogP contribution in [0.15, 0.2) is 53.0 Å². The molecule has 0 saturated heterocycles. The zero-order chi connectivity index (χ0) is 12.3. The number of para-hydroxylation sites is 1. The number of anilines is 1. The Labute approximate surface area is 111 Å². The highest BCUT2D eigenvalue weighted by Gasteiger charge is 2.05. The van der Waals surface area contributed by atoms with E-state index in [9.17, 15) is 0 Å². The van der Waals surface area contributed by atoms with Crippen LogP contribution < -0.4 is 5.32 Å². The molecule has 1 N–H and O–H groups in total. The van der Waals surface area contributed by atoms with Crippen LogP contribution in [0.4, 0.5) is 5.69 Å². The Morgan fingerprint density at radius 1 is 1.00 bits per heavy atom. The van der Waals surface area contributed by atoms with Crippen molar-refractivity contribution in [2.75, 3.05) is 5.32 Å². The molecule has 2 rings (SSSR count). The topological polar surface area (TPSA) is 12.0 Å². The molecule has 1 unspecified atom stereocenters. The second-order valence-corrected chi connectivity index (χ2v) is 5.15. The number of hydrogen-bond donors (Lipinski definition) is 1. The van der Waals surface area contributed by atoms with Crippen molar-refractivity contribution < 1.29 is 0 Å². The average molecular weight is 290 g/mol. The van der Waals surface area contributed by atoms with Crippen LogP contribution in [0.25, 0.3) is 0 Å². The molecule has 0 aromatic heterocycles. The van der Waals surface area contributed by atoms with E-state index in [4.69, 9.17) is 0 Å². The molecule has 0 fully saturated rings. The van der Waals surface area contributed by atoms with Crippen LogP contribution in [0.2, 0.25) is 0 Å². The highest BCUT2D eigenvalue weighted by atomic mass is 79.9. The summed E-state index contributed by atoms with van der Waals surface area (Å²) in [6.07, 6.45) is 0. The quantitative estimate of drug-likeness (QED) is 0.845. The van der Waals surface area contributed by atoms with Crippen LogP contribution in [0, 0.1) is 6.92 Å². The number of rotatable bonds is 3.